The van der Waals surface area contributed by atoms with Crippen LogP contribution >= 0.6 is 0 Å². The lowest BCUT2D eigenvalue weighted by molar-refractivity contribution is -0.0644. The molecule has 1 aromatic carbocycles. The Kier molecular flexibility index (Phi) is 3.61. The molecule has 1 saturated carbocycles. The normalized spacial score (nSPS) is 25.4. The van der Waals surface area contributed by atoms with Crippen LogP contribution in [0, 0.1) is 0 Å². The minimum atomic E-state index is -0.163. The lowest BCUT2D eigenvalue weighted by Crippen LogP contribution is -2.49. The zero-order chi connectivity index (χ0) is 15.0. The number of hydrogen-bond acceptors (Lipinski definition) is 3. The fourth-order valence-corrected chi connectivity index (χ4v) is 4.52. The molecule has 0 radical (unpaired) electrons. The van der Waals surface area contributed by atoms with E-state index in [1.807, 2.05) is 0 Å². The summed E-state index contributed by atoms with van der Waals surface area (Å²) in [6, 6.07) is 9.36. The standard InChI is InChI=1S/C19H26N2O/c1-15-20-18-10-6-5-9-17(18)19(22-15)11-13-21(14-12-19)16-7-3-2-4-8-16/h5-6,9-10,16,20H,1-4,7-8,11-14H2. The van der Waals surface area contributed by atoms with E-state index in [2.05, 4.69) is 41.1 Å². The molecule has 0 aromatic heterocycles. The molecule has 4 rings (SSSR count). The zero-order valence-electron chi connectivity index (χ0n) is 13.3. The smallest absolute Gasteiger partial charge is 0.184 e. The third-order valence-electron chi connectivity index (χ3n) is 5.71. The highest BCUT2D eigenvalue weighted by atomic mass is 16.5. The summed E-state index contributed by atoms with van der Waals surface area (Å²) in [5, 5.41) is 3.28. The summed E-state index contributed by atoms with van der Waals surface area (Å²) in [5.74, 6) is 0.699. The summed E-state index contributed by atoms with van der Waals surface area (Å²) in [6.07, 6.45) is 9.16. The van der Waals surface area contributed by atoms with Crippen molar-refractivity contribution < 1.29 is 4.74 Å². The van der Waals surface area contributed by atoms with Gasteiger partial charge in [-0.2, -0.15) is 0 Å². The van der Waals surface area contributed by atoms with E-state index in [4.69, 9.17) is 4.74 Å². The van der Waals surface area contributed by atoms with E-state index in [-0.39, 0.29) is 5.60 Å². The van der Waals surface area contributed by atoms with Gasteiger partial charge in [0, 0.05) is 43.2 Å². The van der Waals surface area contributed by atoms with Crippen molar-refractivity contribution in [1.82, 2.24) is 4.90 Å². The van der Waals surface area contributed by atoms with E-state index < -0.39 is 0 Å². The van der Waals surface area contributed by atoms with E-state index >= 15 is 0 Å². The number of anilines is 1. The predicted octanol–water partition coefficient (Wildman–Crippen LogP) is 4.22. The Labute approximate surface area is 133 Å². The van der Waals surface area contributed by atoms with Crippen molar-refractivity contribution >= 4 is 5.69 Å². The summed E-state index contributed by atoms with van der Waals surface area (Å²) >= 11 is 0. The Bertz CT molecular complexity index is 554. The maximum Gasteiger partial charge on any atom is 0.184 e. The zero-order valence-corrected chi connectivity index (χ0v) is 13.3. The van der Waals surface area contributed by atoms with Crippen LogP contribution in [-0.4, -0.2) is 24.0 Å². The summed E-state index contributed by atoms with van der Waals surface area (Å²) in [6.45, 7) is 6.31. The Morgan fingerprint density at radius 2 is 1.82 bits per heavy atom. The molecule has 0 unspecified atom stereocenters. The first-order valence-corrected chi connectivity index (χ1v) is 8.75. The Morgan fingerprint density at radius 3 is 2.59 bits per heavy atom. The van der Waals surface area contributed by atoms with E-state index in [0.717, 1.165) is 32.0 Å². The summed E-state index contributed by atoms with van der Waals surface area (Å²) in [5.41, 5.74) is 2.32. The molecule has 118 valence electrons. The van der Waals surface area contributed by atoms with Crippen molar-refractivity contribution in [1.29, 1.82) is 0 Å². The van der Waals surface area contributed by atoms with Gasteiger partial charge < -0.3 is 15.0 Å². The number of benzene rings is 1. The number of nitrogens with zero attached hydrogens (tertiary/aromatic N) is 1. The minimum absolute atomic E-state index is 0.163. The van der Waals surface area contributed by atoms with E-state index in [9.17, 15) is 0 Å². The number of para-hydroxylation sites is 1. The average Bonchev–Trinajstić information content (AvgIpc) is 2.56. The van der Waals surface area contributed by atoms with Gasteiger partial charge in [0.1, 0.15) is 5.60 Å². The molecule has 2 aliphatic heterocycles. The van der Waals surface area contributed by atoms with Gasteiger partial charge in [0.15, 0.2) is 5.88 Å². The Morgan fingerprint density at radius 1 is 1.09 bits per heavy atom. The molecule has 2 heterocycles. The number of ether oxygens (including phenoxy) is 1. The Hall–Kier alpha value is -1.48. The van der Waals surface area contributed by atoms with Crippen molar-refractivity contribution in [2.45, 2.75) is 56.6 Å². The first kappa shape index (κ1) is 14.1. The molecular formula is C19H26N2O. The summed E-state index contributed by atoms with van der Waals surface area (Å²) in [4.78, 5) is 2.71. The van der Waals surface area contributed by atoms with Gasteiger partial charge in [-0.1, -0.05) is 37.5 Å². The molecule has 1 spiro atoms. The number of likely N-dealkylation sites (tertiary alicyclic amines) is 1. The van der Waals surface area contributed by atoms with Gasteiger partial charge in [-0.15, -0.1) is 0 Å². The highest BCUT2D eigenvalue weighted by Crippen LogP contribution is 2.45. The largest absolute Gasteiger partial charge is 0.468 e. The fourth-order valence-electron chi connectivity index (χ4n) is 4.52. The average molecular weight is 298 g/mol. The number of nitrogens with one attached hydrogen (secondary N) is 1. The molecular weight excluding hydrogens is 272 g/mol. The van der Waals surface area contributed by atoms with Gasteiger partial charge in [-0.3, -0.25) is 0 Å². The predicted molar refractivity (Wildman–Crippen MR) is 89.6 cm³/mol. The van der Waals surface area contributed by atoms with Crippen LogP contribution in [0.5, 0.6) is 0 Å². The monoisotopic (exact) mass is 298 g/mol. The SMILES string of the molecule is C=C1Nc2ccccc2C2(CCN(C3CCCCC3)CC2)O1. The minimum Gasteiger partial charge on any atom is -0.468 e. The number of piperidine rings is 1. The molecule has 1 aliphatic carbocycles. The second-order valence-electron chi connectivity index (χ2n) is 7.02. The molecule has 1 aromatic rings. The summed E-state index contributed by atoms with van der Waals surface area (Å²) in [7, 11) is 0. The molecule has 0 bridgehead atoms. The molecule has 3 nitrogen and oxygen atoms in total. The van der Waals surface area contributed by atoms with Crippen LogP contribution in [0.25, 0.3) is 0 Å². The van der Waals surface area contributed by atoms with Crippen LogP contribution in [-0.2, 0) is 10.3 Å². The fraction of sp³-hybridized carbons (Fsp3) is 0.579. The van der Waals surface area contributed by atoms with Gasteiger partial charge in [0.2, 0.25) is 0 Å². The quantitative estimate of drug-likeness (QED) is 0.840. The van der Waals surface area contributed by atoms with Crippen molar-refractivity contribution in [3.8, 4) is 0 Å². The van der Waals surface area contributed by atoms with Crippen LogP contribution < -0.4 is 5.32 Å². The van der Waals surface area contributed by atoms with Crippen molar-refractivity contribution in [3.63, 3.8) is 0 Å². The van der Waals surface area contributed by atoms with E-state index in [1.54, 1.807) is 0 Å². The molecule has 3 heteroatoms. The topological polar surface area (TPSA) is 24.5 Å². The molecule has 0 amide bonds. The van der Waals surface area contributed by atoms with Gasteiger partial charge in [0.05, 0.1) is 0 Å². The molecule has 1 N–H and O–H groups in total. The van der Waals surface area contributed by atoms with E-state index in [0.29, 0.717) is 5.88 Å². The van der Waals surface area contributed by atoms with Crippen LogP contribution in [0.1, 0.15) is 50.5 Å². The second kappa shape index (κ2) is 5.62. The lowest BCUT2D eigenvalue weighted by Gasteiger charge is -2.48. The number of hydrogen-bond donors (Lipinski definition) is 1. The third kappa shape index (κ3) is 2.41. The lowest BCUT2D eigenvalue weighted by atomic mass is 9.81. The maximum atomic E-state index is 6.24. The Balaban J connectivity index is 1.53. The first-order valence-electron chi connectivity index (χ1n) is 8.75. The van der Waals surface area contributed by atoms with Crippen LogP contribution in [0.4, 0.5) is 5.69 Å². The highest BCUT2D eigenvalue weighted by Gasteiger charge is 2.43. The van der Waals surface area contributed by atoms with Crippen molar-refractivity contribution in [3.05, 3.63) is 42.3 Å². The second-order valence-corrected chi connectivity index (χ2v) is 7.02. The molecule has 3 aliphatic rings. The number of rotatable bonds is 1. The molecule has 0 atom stereocenters. The van der Waals surface area contributed by atoms with Gasteiger partial charge in [-0.05, 0) is 25.5 Å². The van der Waals surface area contributed by atoms with Crippen LogP contribution in [0.3, 0.4) is 0 Å². The summed E-state index contributed by atoms with van der Waals surface area (Å²) < 4.78 is 6.24. The van der Waals surface area contributed by atoms with Gasteiger partial charge in [-0.25, -0.2) is 0 Å². The molecule has 22 heavy (non-hydrogen) atoms. The third-order valence-corrected chi connectivity index (χ3v) is 5.71. The van der Waals surface area contributed by atoms with Gasteiger partial charge >= 0.3 is 0 Å². The number of fused-ring (bicyclic) bond motifs is 2. The van der Waals surface area contributed by atoms with Crippen molar-refractivity contribution in [2.24, 2.45) is 0 Å². The maximum absolute atomic E-state index is 6.24. The van der Waals surface area contributed by atoms with Crippen LogP contribution in [0.2, 0.25) is 0 Å². The first-order chi connectivity index (χ1) is 10.8. The van der Waals surface area contributed by atoms with E-state index in [1.165, 1.54) is 43.4 Å². The van der Waals surface area contributed by atoms with Crippen molar-refractivity contribution in [2.75, 3.05) is 18.4 Å². The van der Waals surface area contributed by atoms with Gasteiger partial charge in [0.25, 0.3) is 0 Å². The molecule has 2 fully saturated rings. The van der Waals surface area contributed by atoms with Crippen LogP contribution in [0.15, 0.2) is 36.7 Å². The highest BCUT2D eigenvalue weighted by molar-refractivity contribution is 5.58. The molecule has 1 saturated heterocycles.